The number of hydrogen-bond donors (Lipinski definition) is 1. The number of rotatable bonds is 3. The van der Waals surface area contributed by atoms with E-state index in [0.29, 0.717) is 12.5 Å². The van der Waals surface area contributed by atoms with Gasteiger partial charge in [0.2, 0.25) is 0 Å². The van der Waals surface area contributed by atoms with Crippen LogP contribution in [0.1, 0.15) is 12.8 Å². The molecule has 1 aliphatic rings. The Hall–Kier alpha value is -1.10. The van der Waals surface area contributed by atoms with E-state index < -0.39 is 0 Å². The molecule has 5 heteroatoms. The van der Waals surface area contributed by atoms with Crippen molar-refractivity contribution in [2.24, 2.45) is 18.7 Å². The number of hydrogen-bond acceptors (Lipinski definition) is 3. The Kier molecular flexibility index (Phi) is 1.95. The van der Waals surface area contributed by atoms with Crippen LogP contribution in [0.15, 0.2) is 11.1 Å². The zero-order chi connectivity index (χ0) is 9.42. The van der Waals surface area contributed by atoms with Crippen molar-refractivity contribution in [2.75, 3.05) is 0 Å². The Labute approximate surface area is 76.2 Å². The standard InChI is InChI=1S/C8H14N4O/c1-11-5-10-12(8(11)13)4-7(9)6-2-3-6/h5-7H,2-4,9H2,1H3. The van der Waals surface area contributed by atoms with Crippen LogP contribution in [0, 0.1) is 5.92 Å². The molecular weight excluding hydrogens is 168 g/mol. The van der Waals surface area contributed by atoms with E-state index in [1.807, 2.05) is 0 Å². The van der Waals surface area contributed by atoms with E-state index in [-0.39, 0.29) is 11.7 Å². The zero-order valence-corrected chi connectivity index (χ0v) is 7.68. The highest BCUT2D eigenvalue weighted by molar-refractivity contribution is 4.84. The largest absolute Gasteiger partial charge is 0.345 e. The average Bonchev–Trinajstić information content (AvgIpc) is 2.89. The SMILES string of the molecule is Cn1cnn(CC(N)C2CC2)c1=O. The van der Waals surface area contributed by atoms with Crippen molar-refractivity contribution in [3.05, 3.63) is 16.8 Å². The van der Waals surface area contributed by atoms with Crippen LogP contribution in [0.5, 0.6) is 0 Å². The van der Waals surface area contributed by atoms with Crippen LogP contribution in [0.25, 0.3) is 0 Å². The molecule has 1 heterocycles. The van der Waals surface area contributed by atoms with Crippen molar-refractivity contribution in [3.63, 3.8) is 0 Å². The van der Waals surface area contributed by atoms with Gasteiger partial charge in [0.1, 0.15) is 6.33 Å². The van der Waals surface area contributed by atoms with Crippen LogP contribution >= 0.6 is 0 Å². The first-order valence-corrected chi connectivity index (χ1v) is 4.52. The third-order valence-corrected chi connectivity index (χ3v) is 2.50. The maximum atomic E-state index is 11.4. The van der Waals surface area contributed by atoms with Gasteiger partial charge in [0.05, 0.1) is 6.54 Å². The molecule has 0 aromatic carbocycles. The summed E-state index contributed by atoms with van der Waals surface area (Å²) in [7, 11) is 1.69. The van der Waals surface area contributed by atoms with E-state index >= 15 is 0 Å². The van der Waals surface area contributed by atoms with Crippen LogP contribution in [0.3, 0.4) is 0 Å². The van der Waals surface area contributed by atoms with Crippen LogP contribution in [0.2, 0.25) is 0 Å². The van der Waals surface area contributed by atoms with Crippen LogP contribution in [-0.2, 0) is 13.6 Å². The maximum Gasteiger partial charge on any atom is 0.345 e. The van der Waals surface area contributed by atoms with Gasteiger partial charge in [-0.2, -0.15) is 5.10 Å². The normalized spacial score (nSPS) is 18.9. The highest BCUT2D eigenvalue weighted by Gasteiger charge is 2.29. The van der Waals surface area contributed by atoms with Gasteiger partial charge < -0.3 is 5.73 Å². The minimum absolute atomic E-state index is 0.0869. The Morgan fingerprint density at radius 3 is 2.92 bits per heavy atom. The Balaban J connectivity index is 2.08. The molecule has 1 saturated carbocycles. The molecule has 1 aromatic rings. The summed E-state index contributed by atoms with van der Waals surface area (Å²) >= 11 is 0. The first-order chi connectivity index (χ1) is 6.18. The molecule has 72 valence electrons. The van der Waals surface area contributed by atoms with Gasteiger partial charge in [-0.15, -0.1) is 0 Å². The van der Waals surface area contributed by atoms with Crippen molar-refractivity contribution in [1.29, 1.82) is 0 Å². The molecule has 0 radical (unpaired) electrons. The van der Waals surface area contributed by atoms with Gasteiger partial charge in [-0.05, 0) is 18.8 Å². The summed E-state index contributed by atoms with van der Waals surface area (Å²) < 4.78 is 2.89. The van der Waals surface area contributed by atoms with Gasteiger partial charge in [0.25, 0.3) is 0 Å². The smallest absolute Gasteiger partial charge is 0.326 e. The van der Waals surface area contributed by atoms with Gasteiger partial charge in [0.15, 0.2) is 0 Å². The molecule has 1 unspecified atom stereocenters. The quantitative estimate of drug-likeness (QED) is 0.673. The highest BCUT2D eigenvalue weighted by atomic mass is 16.2. The molecule has 5 nitrogen and oxygen atoms in total. The Bertz CT molecular complexity index is 349. The molecule has 13 heavy (non-hydrogen) atoms. The molecule has 0 saturated heterocycles. The first kappa shape index (κ1) is 8.50. The Morgan fingerprint density at radius 1 is 1.77 bits per heavy atom. The van der Waals surface area contributed by atoms with Crippen LogP contribution in [0.4, 0.5) is 0 Å². The predicted octanol–water partition coefficient (Wildman–Crippen LogP) is -0.681. The van der Waals surface area contributed by atoms with E-state index in [0.717, 1.165) is 0 Å². The second-order valence-corrected chi connectivity index (χ2v) is 3.71. The number of aromatic nitrogens is 3. The summed E-state index contributed by atoms with van der Waals surface area (Å²) in [5.41, 5.74) is 5.79. The fraction of sp³-hybridized carbons (Fsp3) is 0.750. The summed E-state index contributed by atoms with van der Waals surface area (Å²) in [5.74, 6) is 0.605. The van der Waals surface area contributed by atoms with Gasteiger partial charge in [-0.25, -0.2) is 9.48 Å². The van der Waals surface area contributed by atoms with Gasteiger partial charge in [0, 0.05) is 13.1 Å². The summed E-state index contributed by atoms with van der Waals surface area (Å²) in [5, 5.41) is 3.95. The fourth-order valence-corrected chi connectivity index (χ4v) is 1.42. The van der Waals surface area contributed by atoms with E-state index in [1.54, 1.807) is 7.05 Å². The fourth-order valence-electron chi connectivity index (χ4n) is 1.42. The minimum atomic E-state index is -0.0869. The zero-order valence-electron chi connectivity index (χ0n) is 7.68. The lowest BCUT2D eigenvalue weighted by atomic mass is 10.2. The molecule has 2 N–H and O–H groups in total. The van der Waals surface area contributed by atoms with E-state index in [1.165, 1.54) is 28.4 Å². The maximum absolute atomic E-state index is 11.4. The van der Waals surface area contributed by atoms with Crippen molar-refractivity contribution in [3.8, 4) is 0 Å². The molecule has 0 spiro atoms. The van der Waals surface area contributed by atoms with Crippen LogP contribution in [-0.4, -0.2) is 20.4 Å². The molecule has 1 fully saturated rings. The average molecular weight is 182 g/mol. The van der Waals surface area contributed by atoms with Crippen molar-refractivity contribution < 1.29 is 0 Å². The molecular formula is C8H14N4O. The molecule has 1 aliphatic carbocycles. The van der Waals surface area contributed by atoms with Crippen molar-refractivity contribution in [2.45, 2.75) is 25.4 Å². The molecule has 0 aliphatic heterocycles. The summed E-state index contributed by atoms with van der Waals surface area (Å²) in [4.78, 5) is 11.4. The number of nitrogens with two attached hydrogens (primary N) is 1. The minimum Gasteiger partial charge on any atom is -0.326 e. The van der Waals surface area contributed by atoms with E-state index in [9.17, 15) is 4.79 Å². The lowest BCUT2D eigenvalue weighted by Gasteiger charge is -2.07. The molecule has 0 bridgehead atoms. The van der Waals surface area contributed by atoms with Crippen LogP contribution < -0.4 is 11.4 Å². The van der Waals surface area contributed by atoms with Crippen molar-refractivity contribution in [1.82, 2.24) is 14.3 Å². The summed E-state index contributed by atoms with van der Waals surface area (Å²) in [6.45, 7) is 0.546. The van der Waals surface area contributed by atoms with Crippen molar-refractivity contribution >= 4 is 0 Å². The monoisotopic (exact) mass is 182 g/mol. The highest BCUT2D eigenvalue weighted by Crippen LogP contribution is 2.31. The predicted molar refractivity (Wildman–Crippen MR) is 48.2 cm³/mol. The summed E-state index contributed by atoms with van der Waals surface area (Å²) in [6.07, 6.45) is 3.91. The number of nitrogens with zero attached hydrogens (tertiary/aromatic N) is 3. The second kappa shape index (κ2) is 2.99. The molecule has 1 aromatic heterocycles. The first-order valence-electron chi connectivity index (χ1n) is 4.52. The van der Waals surface area contributed by atoms with E-state index in [4.69, 9.17) is 5.73 Å². The Morgan fingerprint density at radius 2 is 2.46 bits per heavy atom. The lowest BCUT2D eigenvalue weighted by Crippen LogP contribution is -2.34. The van der Waals surface area contributed by atoms with E-state index in [2.05, 4.69) is 5.10 Å². The van der Waals surface area contributed by atoms with Gasteiger partial charge in [-0.1, -0.05) is 0 Å². The molecule has 0 amide bonds. The molecule has 1 atom stereocenters. The third-order valence-electron chi connectivity index (χ3n) is 2.50. The lowest BCUT2D eigenvalue weighted by molar-refractivity contribution is 0.458. The summed E-state index contributed by atoms with van der Waals surface area (Å²) in [6, 6.07) is 0.0904. The second-order valence-electron chi connectivity index (χ2n) is 3.71. The number of aryl methyl sites for hydroxylation is 1. The topological polar surface area (TPSA) is 65.8 Å². The molecule has 2 rings (SSSR count). The third kappa shape index (κ3) is 1.65. The van der Waals surface area contributed by atoms with Gasteiger partial charge >= 0.3 is 5.69 Å². The van der Waals surface area contributed by atoms with Gasteiger partial charge in [-0.3, -0.25) is 4.57 Å².